The van der Waals surface area contributed by atoms with Crippen LogP contribution in [0.2, 0.25) is 0 Å². The van der Waals surface area contributed by atoms with Crippen molar-refractivity contribution in [1.29, 1.82) is 0 Å². The van der Waals surface area contributed by atoms with Gasteiger partial charge in [-0.1, -0.05) is 48.5 Å². The van der Waals surface area contributed by atoms with E-state index in [1.54, 1.807) is 0 Å². The molecule has 1 amide bonds. The topological polar surface area (TPSA) is 132 Å². The average Bonchev–Trinajstić information content (AvgIpc) is 3.12. The first kappa shape index (κ1) is 21.6. The maximum Gasteiger partial charge on any atom is 0.407 e. The van der Waals surface area contributed by atoms with Crippen molar-refractivity contribution in [2.24, 2.45) is 0 Å². The van der Waals surface area contributed by atoms with Gasteiger partial charge in [-0.05, 0) is 34.7 Å². The molecule has 0 bridgehead atoms. The molecule has 166 valence electrons. The fourth-order valence-electron chi connectivity index (χ4n) is 4.01. The number of ether oxygens (including phenoxy) is 1. The van der Waals surface area contributed by atoms with Crippen LogP contribution in [-0.2, 0) is 4.74 Å². The van der Waals surface area contributed by atoms with Gasteiger partial charge in [-0.25, -0.2) is 4.79 Å². The standard InChI is InChI=1S/C24H24N2O6/c27-20(22(29)14-11-21(28)23(30)26-12-14)9-10-25-24(31)32-13-19-17-7-3-1-5-15(17)16-6-2-4-8-18(16)19/h1-8,11-12,19-20,22,27-29H,9-10,13H2,(H,25,31)(H,26,30). The minimum Gasteiger partial charge on any atom is -0.503 e. The summed E-state index contributed by atoms with van der Waals surface area (Å²) in [6, 6.07) is 17.2. The van der Waals surface area contributed by atoms with E-state index in [-0.39, 0.29) is 31.1 Å². The summed E-state index contributed by atoms with van der Waals surface area (Å²) in [5.41, 5.74) is 3.99. The van der Waals surface area contributed by atoms with E-state index in [1.807, 2.05) is 36.4 Å². The maximum absolute atomic E-state index is 12.2. The molecule has 1 aromatic heterocycles. The molecule has 1 aliphatic rings. The Hall–Kier alpha value is -3.62. The van der Waals surface area contributed by atoms with Crippen LogP contribution in [0.1, 0.15) is 35.1 Å². The van der Waals surface area contributed by atoms with Crippen molar-refractivity contribution in [3.8, 4) is 16.9 Å². The molecule has 8 heteroatoms. The number of fused-ring (bicyclic) bond motifs is 3. The van der Waals surface area contributed by atoms with Crippen LogP contribution in [0.15, 0.2) is 65.6 Å². The number of alkyl carbamates (subject to hydrolysis) is 1. The Morgan fingerprint density at radius 1 is 1.06 bits per heavy atom. The lowest BCUT2D eigenvalue weighted by molar-refractivity contribution is 0.0133. The van der Waals surface area contributed by atoms with Crippen LogP contribution < -0.4 is 10.9 Å². The van der Waals surface area contributed by atoms with Gasteiger partial charge in [0.1, 0.15) is 12.7 Å². The summed E-state index contributed by atoms with van der Waals surface area (Å²) in [6.45, 7) is 0.256. The Labute approximate surface area is 184 Å². The summed E-state index contributed by atoms with van der Waals surface area (Å²) in [7, 11) is 0. The minimum atomic E-state index is -1.33. The van der Waals surface area contributed by atoms with Crippen LogP contribution in [0.5, 0.6) is 5.75 Å². The molecule has 1 aliphatic carbocycles. The van der Waals surface area contributed by atoms with Crippen LogP contribution in [0.4, 0.5) is 4.79 Å². The number of amides is 1. The average molecular weight is 436 g/mol. The van der Waals surface area contributed by atoms with E-state index in [9.17, 15) is 24.9 Å². The molecule has 5 N–H and O–H groups in total. The maximum atomic E-state index is 12.2. The van der Waals surface area contributed by atoms with E-state index in [0.29, 0.717) is 0 Å². The van der Waals surface area contributed by atoms with Crippen LogP contribution in [0.25, 0.3) is 11.1 Å². The van der Waals surface area contributed by atoms with Gasteiger partial charge in [-0.3, -0.25) is 4.79 Å². The zero-order valence-electron chi connectivity index (χ0n) is 17.2. The number of carbonyl (C=O) groups is 1. The molecule has 0 saturated heterocycles. The predicted molar refractivity (Wildman–Crippen MR) is 117 cm³/mol. The van der Waals surface area contributed by atoms with Crippen LogP contribution in [0, 0.1) is 0 Å². The zero-order chi connectivity index (χ0) is 22.7. The van der Waals surface area contributed by atoms with Crippen molar-refractivity contribution < 1.29 is 24.9 Å². The van der Waals surface area contributed by atoms with Gasteiger partial charge < -0.3 is 30.4 Å². The molecule has 1 heterocycles. The third kappa shape index (κ3) is 4.37. The summed E-state index contributed by atoms with van der Waals surface area (Å²) in [6.07, 6.45) is -1.90. The van der Waals surface area contributed by atoms with Crippen molar-refractivity contribution >= 4 is 6.09 Å². The lowest BCUT2D eigenvalue weighted by Gasteiger charge is -2.18. The van der Waals surface area contributed by atoms with Gasteiger partial charge in [0.15, 0.2) is 5.75 Å². The van der Waals surface area contributed by atoms with Gasteiger partial charge in [0, 0.05) is 24.2 Å². The Balaban J connectivity index is 1.29. The second kappa shape index (κ2) is 9.25. The summed E-state index contributed by atoms with van der Waals surface area (Å²) < 4.78 is 5.43. The van der Waals surface area contributed by atoms with E-state index in [0.717, 1.165) is 28.3 Å². The van der Waals surface area contributed by atoms with Crippen LogP contribution in [0.3, 0.4) is 0 Å². The first-order chi connectivity index (χ1) is 15.5. The highest BCUT2D eigenvalue weighted by molar-refractivity contribution is 5.79. The fraction of sp³-hybridized carbons (Fsp3) is 0.250. The molecule has 0 radical (unpaired) electrons. The van der Waals surface area contributed by atoms with Crippen molar-refractivity contribution in [1.82, 2.24) is 10.3 Å². The second-order valence-corrected chi connectivity index (χ2v) is 7.70. The van der Waals surface area contributed by atoms with Crippen molar-refractivity contribution in [2.75, 3.05) is 13.2 Å². The van der Waals surface area contributed by atoms with Gasteiger partial charge in [-0.2, -0.15) is 0 Å². The SMILES string of the molecule is O=C(NCCC(O)C(O)c1c[nH]c(=O)c(O)c1)OCC1c2ccccc2-c2ccccc21. The largest absolute Gasteiger partial charge is 0.503 e. The lowest BCUT2D eigenvalue weighted by atomic mass is 9.98. The predicted octanol–water partition coefficient (Wildman–Crippen LogP) is 2.40. The molecule has 4 rings (SSSR count). The number of aromatic amines is 1. The van der Waals surface area contributed by atoms with Crippen molar-refractivity contribution in [3.05, 3.63) is 87.8 Å². The number of hydrogen-bond donors (Lipinski definition) is 5. The first-order valence-electron chi connectivity index (χ1n) is 10.3. The van der Waals surface area contributed by atoms with Crippen molar-refractivity contribution in [3.63, 3.8) is 0 Å². The Kier molecular flexibility index (Phi) is 6.25. The minimum absolute atomic E-state index is 0.0469. The van der Waals surface area contributed by atoms with E-state index >= 15 is 0 Å². The molecule has 0 saturated carbocycles. The molecule has 2 unspecified atom stereocenters. The molecule has 2 aromatic carbocycles. The van der Waals surface area contributed by atoms with E-state index in [2.05, 4.69) is 22.4 Å². The smallest absolute Gasteiger partial charge is 0.407 e. The molecular formula is C24H24N2O6. The van der Waals surface area contributed by atoms with Gasteiger partial charge in [0.2, 0.25) is 0 Å². The number of aromatic hydroxyl groups is 1. The number of aliphatic hydroxyl groups excluding tert-OH is 2. The monoisotopic (exact) mass is 436 g/mol. The number of carbonyl (C=O) groups excluding carboxylic acids is 1. The lowest BCUT2D eigenvalue weighted by Crippen LogP contribution is -2.30. The molecule has 8 nitrogen and oxygen atoms in total. The number of rotatable bonds is 7. The number of benzene rings is 2. The summed E-state index contributed by atoms with van der Waals surface area (Å²) in [5.74, 6) is -0.598. The summed E-state index contributed by atoms with van der Waals surface area (Å²) in [5, 5.41) is 32.3. The number of aliphatic hydroxyl groups is 2. The third-order valence-corrected chi connectivity index (χ3v) is 5.67. The van der Waals surface area contributed by atoms with Gasteiger partial charge in [0.05, 0.1) is 6.10 Å². The summed E-state index contributed by atoms with van der Waals surface area (Å²) in [4.78, 5) is 25.6. The summed E-state index contributed by atoms with van der Waals surface area (Å²) >= 11 is 0. The van der Waals surface area contributed by atoms with Gasteiger partial charge in [0.25, 0.3) is 5.56 Å². The zero-order valence-corrected chi connectivity index (χ0v) is 17.2. The molecular weight excluding hydrogens is 412 g/mol. The molecule has 0 spiro atoms. The highest BCUT2D eigenvalue weighted by atomic mass is 16.5. The molecule has 0 aliphatic heterocycles. The number of H-pyrrole nitrogens is 1. The van der Waals surface area contributed by atoms with Crippen molar-refractivity contribution in [2.45, 2.75) is 24.5 Å². The molecule has 32 heavy (non-hydrogen) atoms. The number of hydrogen-bond acceptors (Lipinski definition) is 6. The normalized spacial score (nSPS) is 14.3. The molecule has 3 aromatic rings. The molecule has 0 fully saturated rings. The number of nitrogens with one attached hydrogen (secondary N) is 2. The van der Waals surface area contributed by atoms with Gasteiger partial charge in [-0.15, -0.1) is 0 Å². The van der Waals surface area contributed by atoms with E-state index < -0.39 is 29.6 Å². The quantitative estimate of drug-likeness (QED) is 0.386. The van der Waals surface area contributed by atoms with E-state index in [4.69, 9.17) is 4.74 Å². The Bertz CT molecular complexity index is 1130. The highest BCUT2D eigenvalue weighted by Crippen LogP contribution is 2.44. The third-order valence-electron chi connectivity index (χ3n) is 5.67. The fourth-order valence-corrected chi connectivity index (χ4v) is 4.01. The van der Waals surface area contributed by atoms with Crippen LogP contribution >= 0.6 is 0 Å². The Morgan fingerprint density at radius 3 is 2.31 bits per heavy atom. The Morgan fingerprint density at radius 2 is 1.69 bits per heavy atom. The van der Waals surface area contributed by atoms with Crippen LogP contribution in [-0.4, -0.2) is 45.7 Å². The second-order valence-electron chi connectivity index (χ2n) is 7.70. The van der Waals surface area contributed by atoms with E-state index in [1.165, 1.54) is 6.20 Å². The molecule has 2 atom stereocenters. The number of aromatic nitrogens is 1. The highest BCUT2D eigenvalue weighted by Gasteiger charge is 2.29. The first-order valence-corrected chi connectivity index (χ1v) is 10.3. The van der Waals surface area contributed by atoms with Gasteiger partial charge >= 0.3 is 6.09 Å². The number of pyridine rings is 1.